The average molecular weight is 223 g/mol. The van der Waals surface area contributed by atoms with E-state index in [-0.39, 0.29) is 17.4 Å². The Morgan fingerprint density at radius 3 is 2.93 bits per heavy atom. The van der Waals surface area contributed by atoms with Crippen LogP contribution in [0.4, 0.5) is 0 Å². The predicted octanol–water partition coefficient (Wildman–Crippen LogP) is 1.69. The lowest BCUT2D eigenvalue weighted by Crippen LogP contribution is -2.19. The summed E-state index contributed by atoms with van der Waals surface area (Å²) in [6.45, 7) is 2.62. The summed E-state index contributed by atoms with van der Waals surface area (Å²) in [6, 6.07) is 7.74. The summed E-state index contributed by atoms with van der Waals surface area (Å²) in [5.74, 6) is 0.112. The van der Waals surface area contributed by atoms with Gasteiger partial charge in [-0.2, -0.15) is 0 Å². The minimum Gasteiger partial charge on any atom is -0.396 e. The molecule has 80 valence electrons. The quantitative estimate of drug-likeness (QED) is 0.860. The van der Waals surface area contributed by atoms with Crippen LogP contribution in [-0.4, -0.2) is 16.3 Å². The SMILES string of the molecule is CC(CO)Cn1c(=O)sc2ccccc21. The first-order chi connectivity index (χ1) is 7.22. The van der Waals surface area contributed by atoms with Gasteiger partial charge in [0.05, 0.1) is 10.2 Å². The highest BCUT2D eigenvalue weighted by Gasteiger charge is 2.09. The van der Waals surface area contributed by atoms with Crippen LogP contribution in [0.25, 0.3) is 10.2 Å². The van der Waals surface area contributed by atoms with E-state index in [2.05, 4.69) is 0 Å². The zero-order valence-corrected chi connectivity index (χ0v) is 9.33. The normalized spacial score (nSPS) is 13.2. The summed E-state index contributed by atoms with van der Waals surface area (Å²) in [6.07, 6.45) is 0. The maximum Gasteiger partial charge on any atom is 0.308 e. The van der Waals surface area contributed by atoms with Gasteiger partial charge in [-0.1, -0.05) is 30.4 Å². The lowest BCUT2D eigenvalue weighted by Gasteiger charge is -2.08. The van der Waals surface area contributed by atoms with Crippen LogP contribution < -0.4 is 4.87 Å². The van der Waals surface area contributed by atoms with E-state index in [0.717, 1.165) is 10.2 Å². The second-order valence-electron chi connectivity index (χ2n) is 3.73. The Morgan fingerprint density at radius 1 is 1.47 bits per heavy atom. The predicted molar refractivity (Wildman–Crippen MR) is 62.3 cm³/mol. The van der Waals surface area contributed by atoms with Crippen LogP contribution >= 0.6 is 11.3 Å². The summed E-state index contributed by atoms with van der Waals surface area (Å²) in [5, 5.41) is 8.98. The third kappa shape index (κ3) is 1.96. The molecule has 0 saturated heterocycles. The molecule has 0 aliphatic rings. The van der Waals surface area contributed by atoms with Gasteiger partial charge in [-0.05, 0) is 18.1 Å². The third-order valence-electron chi connectivity index (χ3n) is 2.38. The number of aromatic nitrogens is 1. The van der Waals surface area contributed by atoms with Gasteiger partial charge in [0, 0.05) is 13.2 Å². The maximum atomic E-state index is 11.7. The molecule has 1 atom stereocenters. The highest BCUT2D eigenvalue weighted by Crippen LogP contribution is 2.17. The maximum absolute atomic E-state index is 11.7. The highest BCUT2D eigenvalue weighted by molar-refractivity contribution is 7.16. The molecular formula is C11H13NO2S. The van der Waals surface area contributed by atoms with E-state index in [1.54, 1.807) is 4.57 Å². The average Bonchev–Trinajstić information content (AvgIpc) is 2.55. The number of nitrogens with zero attached hydrogens (tertiary/aromatic N) is 1. The van der Waals surface area contributed by atoms with Gasteiger partial charge in [-0.15, -0.1) is 0 Å². The summed E-state index contributed by atoms with van der Waals surface area (Å²) in [5.41, 5.74) is 0.966. The molecule has 0 amide bonds. The zero-order valence-electron chi connectivity index (χ0n) is 8.51. The van der Waals surface area contributed by atoms with Crippen LogP contribution in [0.2, 0.25) is 0 Å². The fourth-order valence-corrected chi connectivity index (χ4v) is 2.46. The van der Waals surface area contributed by atoms with Gasteiger partial charge >= 0.3 is 4.87 Å². The van der Waals surface area contributed by atoms with Gasteiger partial charge in [-0.3, -0.25) is 9.36 Å². The molecule has 1 heterocycles. The summed E-state index contributed by atoms with van der Waals surface area (Å²) in [4.78, 5) is 11.7. The summed E-state index contributed by atoms with van der Waals surface area (Å²) in [7, 11) is 0. The Morgan fingerprint density at radius 2 is 2.20 bits per heavy atom. The van der Waals surface area contributed by atoms with Crippen molar-refractivity contribution in [2.45, 2.75) is 13.5 Å². The van der Waals surface area contributed by atoms with Gasteiger partial charge in [0.2, 0.25) is 0 Å². The number of thiazole rings is 1. The van der Waals surface area contributed by atoms with E-state index in [9.17, 15) is 4.79 Å². The Labute approximate surface area is 91.6 Å². The molecule has 1 unspecified atom stereocenters. The fourth-order valence-electron chi connectivity index (χ4n) is 1.56. The van der Waals surface area contributed by atoms with Crippen molar-refractivity contribution < 1.29 is 5.11 Å². The molecule has 0 spiro atoms. The Hall–Kier alpha value is -1.13. The van der Waals surface area contributed by atoms with Gasteiger partial charge in [-0.25, -0.2) is 0 Å². The lowest BCUT2D eigenvalue weighted by molar-refractivity contribution is 0.223. The first-order valence-electron chi connectivity index (χ1n) is 4.91. The number of para-hydroxylation sites is 1. The first-order valence-corrected chi connectivity index (χ1v) is 5.73. The van der Waals surface area contributed by atoms with Crippen molar-refractivity contribution in [3.8, 4) is 0 Å². The van der Waals surface area contributed by atoms with Gasteiger partial charge in [0.1, 0.15) is 0 Å². The van der Waals surface area contributed by atoms with Crippen LogP contribution in [0, 0.1) is 5.92 Å². The molecule has 0 aliphatic heterocycles. The number of aliphatic hydroxyl groups excluding tert-OH is 1. The number of hydrogen-bond acceptors (Lipinski definition) is 3. The molecule has 4 heteroatoms. The number of aliphatic hydroxyl groups is 1. The molecule has 15 heavy (non-hydrogen) atoms. The molecule has 0 fully saturated rings. The van der Waals surface area contributed by atoms with Crippen LogP contribution in [0.5, 0.6) is 0 Å². The Kier molecular flexibility index (Phi) is 2.88. The van der Waals surface area contributed by atoms with E-state index in [0.29, 0.717) is 6.54 Å². The summed E-state index contributed by atoms with van der Waals surface area (Å²) < 4.78 is 2.74. The van der Waals surface area contributed by atoms with Crippen LogP contribution in [-0.2, 0) is 6.54 Å². The monoisotopic (exact) mass is 223 g/mol. The zero-order chi connectivity index (χ0) is 10.8. The van der Waals surface area contributed by atoms with E-state index >= 15 is 0 Å². The molecule has 1 N–H and O–H groups in total. The second kappa shape index (κ2) is 4.16. The molecule has 0 saturated carbocycles. The van der Waals surface area contributed by atoms with Crippen LogP contribution in [0.15, 0.2) is 29.1 Å². The largest absolute Gasteiger partial charge is 0.396 e. The Bertz CT molecular complexity index is 515. The van der Waals surface area contributed by atoms with E-state index in [1.807, 2.05) is 31.2 Å². The Balaban J connectivity index is 2.50. The standard InChI is InChI=1S/C11H13NO2S/c1-8(7-13)6-12-9-4-2-3-5-10(9)15-11(12)14/h2-5,8,13H,6-7H2,1H3. The minimum atomic E-state index is 0.0523. The van der Waals surface area contributed by atoms with Gasteiger partial charge in [0.15, 0.2) is 0 Å². The van der Waals surface area contributed by atoms with Crippen molar-refractivity contribution in [3.05, 3.63) is 33.9 Å². The number of benzene rings is 1. The van der Waals surface area contributed by atoms with Crippen LogP contribution in [0.3, 0.4) is 0 Å². The lowest BCUT2D eigenvalue weighted by atomic mass is 10.2. The third-order valence-corrected chi connectivity index (χ3v) is 3.34. The molecule has 0 aliphatic carbocycles. The van der Waals surface area contributed by atoms with Crippen molar-refractivity contribution in [1.29, 1.82) is 0 Å². The minimum absolute atomic E-state index is 0.0523. The van der Waals surface area contributed by atoms with Crippen molar-refractivity contribution >= 4 is 21.6 Å². The second-order valence-corrected chi connectivity index (χ2v) is 4.73. The van der Waals surface area contributed by atoms with Crippen molar-refractivity contribution in [2.75, 3.05) is 6.61 Å². The van der Waals surface area contributed by atoms with Crippen molar-refractivity contribution in [3.63, 3.8) is 0 Å². The number of hydrogen-bond donors (Lipinski definition) is 1. The van der Waals surface area contributed by atoms with Crippen molar-refractivity contribution in [1.82, 2.24) is 4.57 Å². The van der Waals surface area contributed by atoms with E-state index in [4.69, 9.17) is 5.11 Å². The summed E-state index contributed by atoms with van der Waals surface area (Å²) >= 11 is 1.26. The van der Waals surface area contributed by atoms with E-state index < -0.39 is 0 Å². The number of fused-ring (bicyclic) bond motifs is 1. The smallest absolute Gasteiger partial charge is 0.308 e. The molecular weight excluding hydrogens is 210 g/mol. The number of rotatable bonds is 3. The van der Waals surface area contributed by atoms with Crippen molar-refractivity contribution in [2.24, 2.45) is 5.92 Å². The van der Waals surface area contributed by atoms with Gasteiger partial charge < -0.3 is 5.11 Å². The molecule has 0 bridgehead atoms. The highest BCUT2D eigenvalue weighted by atomic mass is 32.1. The fraction of sp³-hybridized carbons (Fsp3) is 0.364. The molecule has 0 radical (unpaired) electrons. The molecule has 1 aromatic heterocycles. The van der Waals surface area contributed by atoms with Crippen LogP contribution in [0.1, 0.15) is 6.92 Å². The van der Waals surface area contributed by atoms with Gasteiger partial charge in [0.25, 0.3) is 0 Å². The first kappa shape index (κ1) is 10.4. The van der Waals surface area contributed by atoms with E-state index in [1.165, 1.54) is 11.3 Å². The topological polar surface area (TPSA) is 42.2 Å². The molecule has 2 aromatic rings. The molecule has 1 aromatic carbocycles. The molecule has 2 rings (SSSR count). The molecule has 3 nitrogen and oxygen atoms in total.